The summed E-state index contributed by atoms with van der Waals surface area (Å²) in [5.74, 6) is -1.30. The number of sulfone groups is 1. The summed E-state index contributed by atoms with van der Waals surface area (Å²) in [6.45, 7) is 0.412. The van der Waals surface area contributed by atoms with Gasteiger partial charge in [-0.3, -0.25) is 0 Å². The summed E-state index contributed by atoms with van der Waals surface area (Å²) >= 11 is 3.14. The number of benzene rings is 1. The number of carbonyl (C=O) groups is 1. The fourth-order valence-corrected chi connectivity index (χ4v) is 3.35. The average Bonchev–Trinajstić information content (AvgIpc) is 3.12. The Bertz CT molecular complexity index is 592. The third-order valence-electron chi connectivity index (χ3n) is 2.80. The van der Waals surface area contributed by atoms with Gasteiger partial charge in [0.1, 0.15) is 0 Å². The van der Waals surface area contributed by atoms with Gasteiger partial charge in [-0.1, -0.05) is 15.9 Å². The van der Waals surface area contributed by atoms with Crippen LogP contribution in [0.4, 0.5) is 0 Å². The first kappa shape index (κ1) is 14.5. The van der Waals surface area contributed by atoms with E-state index < -0.39 is 21.7 Å². The number of hydrogen-bond donors (Lipinski definition) is 1. The molecule has 2 rings (SSSR count). The van der Waals surface area contributed by atoms with E-state index >= 15 is 0 Å². The van der Waals surface area contributed by atoms with Crippen LogP contribution in [0.5, 0.6) is 0 Å². The predicted molar refractivity (Wildman–Crippen MR) is 71.8 cm³/mol. The first-order chi connectivity index (χ1) is 8.90. The highest BCUT2D eigenvalue weighted by atomic mass is 79.9. The van der Waals surface area contributed by atoms with Crippen molar-refractivity contribution >= 4 is 31.7 Å². The maximum Gasteiger partial charge on any atom is 0.337 e. The summed E-state index contributed by atoms with van der Waals surface area (Å²) in [4.78, 5) is 10.8. The molecule has 1 fully saturated rings. The summed E-state index contributed by atoms with van der Waals surface area (Å²) in [5.41, 5.74) is -0.238. The van der Waals surface area contributed by atoms with Crippen LogP contribution < -0.4 is 0 Å². The van der Waals surface area contributed by atoms with Crippen LogP contribution in [0.25, 0.3) is 0 Å². The summed E-state index contributed by atoms with van der Waals surface area (Å²) in [6.07, 6.45) is 2.13. The van der Waals surface area contributed by atoms with Crippen LogP contribution in [-0.4, -0.2) is 32.0 Å². The number of ether oxygens (including phenoxy) is 1. The van der Waals surface area contributed by atoms with E-state index in [0.29, 0.717) is 17.0 Å². The second kappa shape index (κ2) is 5.60. The van der Waals surface area contributed by atoms with Crippen molar-refractivity contribution in [2.24, 2.45) is 5.92 Å². The van der Waals surface area contributed by atoms with Crippen LogP contribution in [0, 0.1) is 5.92 Å². The molecule has 0 heterocycles. The van der Waals surface area contributed by atoms with Crippen LogP contribution in [-0.2, 0) is 14.6 Å². The van der Waals surface area contributed by atoms with Crippen molar-refractivity contribution in [2.45, 2.75) is 17.7 Å². The smallest absolute Gasteiger partial charge is 0.337 e. The van der Waals surface area contributed by atoms with Gasteiger partial charge in [0.25, 0.3) is 0 Å². The molecule has 0 aliphatic heterocycles. The Morgan fingerprint density at radius 2 is 2.11 bits per heavy atom. The number of hydrogen-bond acceptors (Lipinski definition) is 4. The molecule has 1 aromatic rings. The lowest BCUT2D eigenvalue weighted by Crippen LogP contribution is -2.15. The monoisotopic (exact) mass is 348 g/mol. The van der Waals surface area contributed by atoms with Crippen LogP contribution >= 0.6 is 15.9 Å². The van der Waals surface area contributed by atoms with E-state index in [1.807, 2.05) is 0 Å². The van der Waals surface area contributed by atoms with Gasteiger partial charge in [0.15, 0.2) is 5.94 Å². The van der Waals surface area contributed by atoms with E-state index in [1.165, 1.54) is 18.2 Å². The van der Waals surface area contributed by atoms with Gasteiger partial charge in [-0.2, -0.15) is 0 Å². The Kier molecular flexibility index (Phi) is 4.27. The van der Waals surface area contributed by atoms with Crippen molar-refractivity contribution in [1.82, 2.24) is 0 Å². The number of halogens is 1. The molecule has 5 nitrogen and oxygen atoms in total. The number of carboxylic acid groups (broad SMARTS) is 1. The highest BCUT2D eigenvalue weighted by molar-refractivity contribution is 9.10. The average molecular weight is 349 g/mol. The highest BCUT2D eigenvalue weighted by Crippen LogP contribution is 2.29. The molecule has 0 saturated heterocycles. The van der Waals surface area contributed by atoms with Gasteiger partial charge in [0.2, 0.25) is 9.84 Å². The minimum absolute atomic E-state index is 0.217. The first-order valence-electron chi connectivity index (χ1n) is 5.73. The van der Waals surface area contributed by atoms with Crippen molar-refractivity contribution in [3.63, 3.8) is 0 Å². The molecule has 1 aliphatic carbocycles. The van der Waals surface area contributed by atoms with Gasteiger partial charge < -0.3 is 9.84 Å². The van der Waals surface area contributed by atoms with Crippen LogP contribution in [0.3, 0.4) is 0 Å². The Morgan fingerprint density at radius 1 is 1.42 bits per heavy atom. The van der Waals surface area contributed by atoms with Crippen LogP contribution in [0.2, 0.25) is 0 Å². The molecule has 0 spiro atoms. The van der Waals surface area contributed by atoms with E-state index in [1.54, 1.807) is 0 Å². The zero-order valence-corrected chi connectivity index (χ0v) is 12.4. The topological polar surface area (TPSA) is 80.7 Å². The van der Waals surface area contributed by atoms with Gasteiger partial charge in [-0.05, 0) is 37.0 Å². The molecule has 0 bridgehead atoms. The summed E-state index contributed by atoms with van der Waals surface area (Å²) in [7, 11) is -3.76. The molecule has 1 aliphatic rings. The van der Waals surface area contributed by atoms with Crippen molar-refractivity contribution in [1.29, 1.82) is 0 Å². The van der Waals surface area contributed by atoms with E-state index in [9.17, 15) is 13.2 Å². The molecule has 0 amide bonds. The zero-order valence-electron chi connectivity index (χ0n) is 10.0. The van der Waals surface area contributed by atoms with E-state index in [-0.39, 0.29) is 10.5 Å². The number of carboxylic acids is 1. The third kappa shape index (κ3) is 3.77. The van der Waals surface area contributed by atoms with E-state index in [2.05, 4.69) is 15.9 Å². The molecule has 1 saturated carbocycles. The van der Waals surface area contributed by atoms with Gasteiger partial charge in [0, 0.05) is 4.47 Å². The number of aromatic carboxylic acids is 1. The lowest BCUT2D eigenvalue weighted by atomic mass is 10.2. The minimum Gasteiger partial charge on any atom is -0.478 e. The van der Waals surface area contributed by atoms with Crippen molar-refractivity contribution in [3.05, 3.63) is 28.2 Å². The van der Waals surface area contributed by atoms with Crippen LogP contribution in [0.1, 0.15) is 23.2 Å². The van der Waals surface area contributed by atoms with E-state index in [4.69, 9.17) is 9.84 Å². The number of rotatable bonds is 6. The normalized spacial score (nSPS) is 15.4. The molecule has 104 valence electrons. The summed E-state index contributed by atoms with van der Waals surface area (Å²) in [6, 6.07) is 4.05. The molecule has 0 unspecified atom stereocenters. The van der Waals surface area contributed by atoms with Crippen molar-refractivity contribution < 1.29 is 23.1 Å². The largest absolute Gasteiger partial charge is 0.478 e. The molecule has 1 aromatic carbocycles. The maximum atomic E-state index is 12.1. The molecule has 0 atom stereocenters. The van der Waals surface area contributed by atoms with Gasteiger partial charge in [-0.25, -0.2) is 13.2 Å². The lowest BCUT2D eigenvalue weighted by Gasteiger charge is -2.09. The van der Waals surface area contributed by atoms with Crippen molar-refractivity contribution in [2.75, 3.05) is 12.5 Å². The van der Waals surface area contributed by atoms with Crippen molar-refractivity contribution in [3.8, 4) is 0 Å². The molecule has 19 heavy (non-hydrogen) atoms. The zero-order chi connectivity index (χ0) is 14.0. The fraction of sp³-hybridized carbons (Fsp3) is 0.417. The highest BCUT2D eigenvalue weighted by Gasteiger charge is 2.25. The fourth-order valence-electron chi connectivity index (χ4n) is 1.60. The SMILES string of the molecule is O=C(O)c1ccc(Br)cc1S(=O)(=O)COCC1CC1. The Balaban J connectivity index is 2.21. The second-order valence-electron chi connectivity index (χ2n) is 4.49. The van der Waals surface area contributed by atoms with Gasteiger partial charge in [-0.15, -0.1) is 0 Å². The van der Waals surface area contributed by atoms with Crippen LogP contribution in [0.15, 0.2) is 27.6 Å². The Morgan fingerprint density at radius 3 is 2.68 bits per heavy atom. The lowest BCUT2D eigenvalue weighted by molar-refractivity contribution is 0.0692. The van der Waals surface area contributed by atoms with Gasteiger partial charge in [0.05, 0.1) is 17.1 Å². The summed E-state index contributed by atoms with van der Waals surface area (Å²) < 4.78 is 29.9. The van der Waals surface area contributed by atoms with E-state index in [0.717, 1.165) is 12.8 Å². The summed E-state index contributed by atoms with van der Waals surface area (Å²) in [5, 5.41) is 9.02. The standard InChI is InChI=1S/C12H13BrO5S/c13-9-3-4-10(12(14)15)11(5-9)19(16,17)7-18-6-8-1-2-8/h3-5,8H,1-2,6-7H2,(H,14,15). The second-order valence-corrected chi connectivity index (χ2v) is 7.31. The minimum atomic E-state index is -3.76. The maximum absolute atomic E-state index is 12.1. The molecule has 0 aromatic heterocycles. The first-order valence-corrected chi connectivity index (χ1v) is 8.18. The molecular formula is C12H13BrO5S. The predicted octanol–water partition coefficient (Wildman–Crippen LogP) is 2.31. The Labute approximate surface area is 119 Å². The quantitative estimate of drug-likeness (QED) is 0.852. The molecular weight excluding hydrogens is 336 g/mol. The Hall–Kier alpha value is -0.920. The molecule has 7 heteroatoms. The molecule has 1 N–H and O–H groups in total. The van der Waals surface area contributed by atoms with Gasteiger partial charge >= 0.3 is 5.97 Å². The molecule has 0 radical (unpaired) electrons. The third-order valence-corrected chi connectivity index (χ3v) is 4.78.